The van der Waals surface area contributed by atoms with E-state index < -0.39 is 0 Å². The molecule has 0 unspecified atom stereocenters. The number of piperazine rings is 1. The molecule has 28 heavy (non-hydrogen) atoms. The lowest BCUT2D eigenvalue weighted by Gasteiger charge is -2.34. The molecule has 0 N–H and O–H groups in total. The summed E-state index contributed by atoms with van der Waals surface area (Å²) in [5, 5.41) is 2.90. The van der Waals surface area contributed by atoms with Crippen molar-refractivity contribution in [2.45, 2.75) is 12.8 Å². The Hall–Kier alpha value is -2.57. The van der Waals surface area contributed by atoms with E-state index in [1.54, 1.807) is 23.7 Å². The summed E-state index contributed by atoms with van der Waals surface area (Å²) in [7, 11) is 0. The number of pyridine rings is 1. The van der Waals surface area contributed by atoms with E-state index in [-0.39, 0.29) is 5.91 Å². The Morgan fingerprint density at radius 1 is 1.04 bits per heavy atom. The van der Waals surface area contributed by atoms with E-state index in [2.05, 4.69) is 45.2 Å². The SMILES string of the molecule is O=C(Cc1csc(-c2cccnc2)n1)N1CCN(CCc2ccccc2)CC1. The molecule has 144 valence electrons. The van der Waals surface area contributed by atoms with E-state index in [1.807, 2.05) is 22.4 Å². The molecule has 1 aliphatic heterocycles. The minimum Gasteiger partial charge on any atom is -0.340 e. The number of amides is 1. The zero-order valence-corrected chi connectivity index (χ0v) is 16.6. The third kappa shape index (κ3) is 4.82. The fourth-order valence-electron chi connectivity index (χ4n) is 3.43. The van der Waals surface area contributed by atoms with Gasteiger partial charge in [0.2, 0.25) is 5.91 Å². The van der Waals surface area contributed by atoms with Crippen LogP contribution in [0.5, 0.6) is 0 Å². The topological polar surface area (TPSA) is 49.3 Å². The van der Waals surface area contributed by atoms with Crippen molar-refractivity contribution >= 4 is 17.2 Å². The van der Waals surface area contributed by atoms with Crippen molar-refractivity contribution in [2.75, 3.05) is 32.7 Å². The van der Waals surface area contributed by atoms with Gasteiger partial charge in [-0.3, -0.25) is 14.7 Å². The molecule has 3 aromatic rings. The predicted octanol–water partition coefficient (Wildman–Crippen LogP) is 3.13. The summed E-state index contributed by atoms with van der Waals surface area (Å²) >= 11 is 1.57. The first kappa shape index (κ1) is 18.8. The first-order valence-electron chi connectivity index (χ1n) is 9.67. The second kappa shape index (κ2) is 9.08. The highest BCUT2D eigenvalue weighted by atomic mass is 32.1. The van der Waals surface area contributed by atoms with Gasteiger partial charge in [0.05, 0.1) is 12.1 Å². The van der Waals surface area contributed by atoms with Crippen LogP contribution in [0.3, 0.4) is 0 Å². The van der Waals surface area contributed by atoms with E-state index in [1.165, 1.54) is 5.56 Å². The van der Waals surface area contributed by atoms with Crippen LogP contribution < -0.4 is 0 Å². The molecule has 0 aliphatic carbocycles. The molecule has 1 aliphatic rings. The summed E-state index contributed by atoms with van der Waals surface area (Å²) < 4.78 is 0. The van der Waals surface area contributed by atoms with Crippen molar-refractivity contribution in [3.05, 3.63) is 71.5 Å². The Labute approximate surface area is 169 Å². The van der Waals surface area contributed by atoms with Gasteiger partial charge in [-0.1, -0.05) is 30.3 Å². The summed E-state index contributed by atoms with van der Waals surface area (Å²) in [6.07, 6.45) is 4.99. The standard InChI is InChI=1S/C22H24N4OS/c27-21(15-20-17-28-22(24-20)19-7-4-9-23-16-19)26-13-11-25(12-14-26)10-8-18-5-2-1-3-6-18/h1-7,9,16-17H,8,10-15H2. The maximum absolute atomic E-state index is 12.7. The van der Waals surface area contributed by atoms with Crippen LogP contribution in [0.25, 0.3) is 10.6 Å². The van der Waals surface area contributed by atoms with E-state index in [4.69, 9.17) is 0 Å². The number of hydrogen-bond donors (Lipinski definition) is 0. The van der Waals surface area contributed by atoms with Gasteiger partial charge in [0, 0.05) is 56.1 Å². The smallest absolute Gasteiger partial charge is 0.228 e. The molecule has 0 spiro atoms. The van der Waals surface area contributed by atoms with Gasteiger partial charge in [-0.2, -0.15) is 0 Å². The lowest BCUT2D eigenvalue weighted by Crippen LogP contribution is -2.49. The fraction of sp³-hybridized carbons (Fsp3) is 0.318. The molecule has 1 saturated heterocycles. The van der Waals surface area contributed by atoms with E-state index in [0.717, 1.165) is 55.4 Å². The van der Waals surface area contributed by atoms with Crippen molar-refractivity contribution in [3.8, 4) is 10.6 Å². The Bertz CT molecular complexity index is 889. The van der Waals surface area contributed by atoms with Crippen molar-refractivity contribution in [3.63, 3.8) is 0 Å². The van der Waals surface area contributed by atoms with E-state index >= 15 is 0 Å². The molecule has 0 saturated carbocycles. The van der Waals surface area contributed by atoms with Crippen LogP contribution in [0.15, 0.2) is 60.2 Å². The second-order valence-electron chi connectivity index (χ2n) is 7.02. The molecule has 0 atom stereocenters. The number of rotatable bonds is 6. The Balaban J connectivity index is 1.25. The van der Waals surface area contributed by atoms with Crippen LogP contribution in [-0.4, -0.2) is 58.4 Å². The highest BCUT2D eigenvalue weighted by molar-refractivity contribution is 7.13. The van der Waals surface area contributed by atoms with Gasteiger partial charge in [-0.15, -0.1) is 11.3 Å². The minimum atomic E-state index is 0.172. The third-order valence-electron chi connectivity index (χ3n) is 5.08. The van der Waals surface area contributed by atoms with Crippen LogP contribution in [0, 0.1) is 0 Å². The molecule has 1 amide bonds. The van der Waals surface area contributed by atoms with Crippen molar-refractivity contribution in [1.82, 2.24) is 19.8 Å². The van der Waals surface area contributed by atoms with Gasteiger partial charge in [0.15, 0.2) is 0 Å². The summed E-state index contributed by atoms with van der Waals surface area (Å²) in [5.74, 6) is 0.172. The number of carbonyl (C=O) groups is 1. The van der Waals surface area contributed by atoms with Gasteiger partial charge in [-0.25, -0.2) is 4.98 Å². The first-order valence-corrected chi connectivity index (χ1v) is 10.5. The van der Waals surface area contributed by atoms with Gasteiger partial charge in [0.1, 0.15) is 5.01 Å². The average Bonchev–Trinajstić information content (AvgIpc) is 3.22. The van der Waals surface area contributed by atoms with Crippen molar-refractivity contribution < 1.29 is 4.79 Å². The van der Waals surface area contributed by atoms with Crippen molar-refractivity contribution in [1.29, 1.82) is 0 Å². The number of benzene rings is 1. The first-order chi connectivity index (χ1) is 13.8. The van der Waals surface area contributed by atoms with Gasteiger partial charge in [-0.05, 0) is 24.1 Å². The maximum atomic E-state index is 12.7. The predicted molar refractivity (Wildman–Crippen MR) is 112 cm³/mol. The summed E-state index contributed by atoms with van der Waals surface area (Å²) in [6.45, 7) is 4.53. The Morgan fingerprint density at radius 3 is 2.61 bits per heavy atom. The number of hydrogen-bond acceptors (Lipinski definition) is 5. The van der Waals surface area contributed by atoms with Crippen LogP contribution in [-0.2, 0) is 17.6 Å². The van der Waals surface area contributed by atoms with Crippen LogP contribution >= 0.6 is 11.3 Å². The monoisotopic (exact) mass is 392 g/mol. The largest absolute Gasteiger partial charge is 0.340 e. The molecule has 5 nitrogen and oxygen atoms in total. The molecule has 1 fully saturated rings. The second-order valence-corrected chi connectivity index (χ2v) is 7.88. The summed E-state index contributed by atoms with van der Waals surface area (Å²) in [4.78, 5) is 25.8. The van der Waals surface area contributed by atoms with Crippen molar-refractivity contribution in [2.24, 2.45) is 0 Å². The zero-order valence-electron chi connectivity index (χ0n) is 15.8. The molecule has 1 aromatic carbocycles. The normalized spacial score (nSPS) is 14.9. The van der Waals surface area contributed by atoms with Crippen LogP contribution in [0.1, 0.15) is 11.3 Å². The van der Waals surface area contributed by atoms with Crippen LogP contribution in [0.2, 0.25) is 0 Å². The number of carbonyl (C=O) groups excluding carboxylic acids is 1. The molecule has 6 heteroatoms. The zero-order chi connectivity index (χ0) is 19.2. The fourth-order valence-corrected chi connectivity index (χ4v) is 4.24. The lowest BCUT2D eigenvalue weighted by atomic mass is 10.1. The molecular weight excluding hydrogens is 368 g/mol. The molecule has 0 radical (unpaired) electrons. The highest BCUT2D eigenvalue weighted by Crippen LogP contribution is 2.23. The summed E-state index contributed by atoms with van der Waals surface area (Å²) in [5.41, 5.74) is 3.22. The minimum absolute atomic E-state index is 0.172. The number of nitrogens with zero attached hydrogens (tertiary/aromatic N) is 4. The lowest BCUT2D eigenvalue weighted by molar-refractivity contribution is -0.132. The number of aromatic nitrogens is 2. The number of thiazole rings is 1. The Morgan fingerprint density at radius 2 is 1.86 bits per heavy atom. The molecule has 0 bridgehead atoms. The van der Waals surface area contributed by atoms with E-state index in [0.29, 0.717) is 6.42 Å². The molecule has 2 aromatic heterocycles. The Kier molecular flexibility index (Phi) is 6.09. The maximum Gasteiger partial charge on any atom is 0.228 e. The molecule has 3 heterocycles. The summed E-state index contributed by atoms with van der Waals surface area (Å²) in [6, 6.07) is 14.5. The van der Waals surface area contributed by atoms with E-state index in [9.17, 15) is 4.79 Å². The highest BCUT2D eigenvalue weighted by Gasteiger charge is 2.21. The van der Waals surface area contributed by atoms with Crippen LogP contribution in [0.4, 0.5) is 0 Å². The quantitative estimate of drug-likeness (QED) is 0.647. The molecular formula is C22H24N4OS. The van der Waals surface area contributed by atoms with Gasteiger partial charge >= 0.3 is 0 Å². The van der Waals surface area contributed by atoms with Gasteiger partial charge in [0.25, 0.3) is 0 Å². The van der Waals surface area contributed by atoms with Gasteiger partial charge < -0.3 is 4.90 Å². The average molecular weight is 393 g/mol. The third-order valence-corrected chi connectivity index (χ3v) is 6.02. The molecule has 4 rings (SSSR count).